The van der Waals surface area contributed by atoms with Gasteiger partial charge >= 0.3 is 5.97 Å². The molecule has 0 fully saturated rings. The molecule has 0 spiro atoms. The molecule has 3 aromatic heterocycles. The summed E-state index contributed by atoms with van der Waals surface area (Å²) in [7, 11) is 0. The molecule has 0 saturated carbocycles. The van der Waals surface area contributed by atoms with Crippen LogP contribution in [-0.4, -0.2) is 25.7 Å². The number of benzene rings is 1. The predicted octanol–water partition coefficient (Wildman–Crippen LogP) is 4.72. The second kappa shape index (κ2) is 7.12. The molecule has 0 aliphatic heterocycles. The first-order valence-corrected chi connectivity index (χ1v) is 8.95. The van der Waals surface area contributed by atoms with Crippen molar-refractivity contribution in [1.29, 1.82) is 0 Å². The van der Waals surface area contributed by atoms with Crippen molar-refractivity contribution in [2.24, 2.45) is 0 Å². The van der Waals surface area contributed by atoms with E-state index in [1.165, 1.54) is 6.07 Å². The van der Waals surface area contributed by atoms with Crippen LogP contribution in [0, 0.1) is 0 Å². The molecule has 5 nitrogen and oxygen atoms in total. The summed E-state index contributed by atoms with van der Waals surface area (Å²) in [4.78, 5) is 15.6. The topological polar surface area (TPSA) is 67.5 Å². The maximum absolute atomic E-state index is 11.3. The van der Waals surface area contributed by atoms with Crippen LogP contribution in [0.1, 0.15) is 34.2 Å². The average Bonchev–Trinajstić information content (AvgIpc) is 3.06. The van der Waals surface area contributed by atoms with Crippen LogP contribution in [0.25, 0.3) is 22.3 Å². The van der Waals surface area contributed by atoms with Crippen molar-refractivity contribution >= 4 is 17.1 Å². The van der Waals surface area contributed by atoms with E-state index < -0.39 is 5.97 Å². The summed E-state index contributed by atoms with van der Waals surface area (Å²) < 4.78 is 1.86. The lowest BCUT2D eigenvalue weighted by Crippen LogP contribution is -2.03. The standard InChI is InChI=1S/C23H19N3O2/c1-15(2)17-11-12-21-19(13-18-9-6-10-20(24-18)23(27)28)22(25-26(21)14-17)16-7-4-3-5-8-16/h3-12,14H,1,13H2,2H3,(H,27,28). The molecule has 0 unspecified atom stereocenters. The lowest BCUT2D eigenvalue weighted by Gasteiger charge is -2.05. The molecule has 1 aromatic carbocycles. The number of aromatic carboxylic acids is 1. The van der Waals surface area contributed by atoms with Crippen molar-refractivity contribution < 1.29 is 9.90 Å². The molecule has 28 heavy (non-hydrogen) atoms. The number of allylic oxidation sites excluding steroid dienone is 1. The Labute approximate surface area is 162 Å². The third kappa shape index (κ3) is 3.30. The summed E-state index contributed by atoms with van der Waals surface area (Å²) in [5.74, 6) is -1.03. The van der Waals surface area contributed by atoms with Crippen LogP contribution in [0.2, 0.25) is 0 Å². The molecule has 0 amide bonds. The Hall–Kier alpha value is -3.73. The summed E-state index contributed by atoms with van der Waals surface area (Å²) in [5.41, 5.74) is 6.56. The van der Waals surface area contributed by atoms with Crippen LogP contribution in [0.4, 0.5) is 0 Å². The lowest BCUT2D eigenvalue weighted by molar-refractivity contribution is 0.0690. The van der Waals surface area contributed by atoms with Gasteiger partial charge in [0.25, 0.3) is 0 Å². The summed E-state index contributed by atoms with van der Waals surface area (Å²) >= 11 is 0. The number of pyridine rings is 2. The molecule has 0 bridgehead atoms. The monoisotopic (exact) mass is 369 g/mol. The molecule has 138 valence electrons. The molecule has 0 aliphatic carbocycles. The van der Waals surface area contributed by atoms with Gasteiger partial charge in [-0.25, -0.2) is 14.3 Å². The minimum atomic E-state index is -1.03. The second-order valence-corrected chi connectivity index (χ2v) is 6.72. The maximum atomic E-state index is 11.3. The number of aromatic nitrogens is 3. The van der Waals surface area contributed by atoms with E-state index in [-0.39, 0.29) is 5.69 Å². The van der Waals surface area contributed by atoms with Gasteiger partial charge in [-0.3, -0.25) is 0 Å². The van der Waals surface area contributed by atoms with Gasteiger partial charge in [-0.05, 0) is 36.3 Å². The first-order chi connectivity index (χ1) is 13.5. The van der Waals surface area contributed by atoms with Crippen molar-refractivity contribution in [1.82, 2.24) is 14.6 Å². The average molecular weight is 369 g/mol. The fourth-order valence-corrected chi connectivity index (χ4v) is 3.23. The summed E-state index contributed by atoms with van der Waals surface area (Å²) in [6.45, 7) is 5.97. The van der Waals surface area contributed by atoms with Crippen molar-refractivity contribution in [3.63, 3.8) is 0 Å². The van der Waals surface area contributed by atoms with Crippen LogP contribution in [0.3, 0.4) is 0 Å². The van der Waals surface area contributed by atoms with Gasteiger partial charge < -0.3 is 5.11 Å². The number of carboxylic acid groups (broad SMARTS) is 1. The van der Waals surface area contributed by atoms with Gasteiger partial charge in [-0.15, -0.1) is 0 Å². The van der Waals surface area contributed by atoms with Crippen LogP contribution in [0.5, 0.6) is 0 Å². The molecule has 3 heterocycles. The second-order valence-electron chi connectivity index (χ2n) is 6.72. The van der Waals surface area contributed by atoms with Crippen LogP contribution in [0.15, 0.2) is 73.4 Å². The Morgan fingerprint density at radius 2 is 1.86 bits per heavy atom. The number of fused-ring (bicyclic) bond motifs is 1. The van der Waals surface area contributed by atoms with Gasteiger partial charge in [0.15, 0.2) is 0 Å². The molecule has 4 rings (SSSR count). The van der Waals surface area contributed by atoms with Crippen molar-refractivity contribution in [2.75, 3.05) is 0 Å². The van der Waals surface area contributed by atoms with Crippen LogP contribution >= 0.6 is 0 Å². The SMILES string of the molecule is C=C(C)c1ccc2c(Cc3cccc(C(=O)O)n3)c(-c3ccccc3)nn2c1. The molecule has 0 atom stereocenters. The fraction of sp³-hybridized carbons (Fsp3) is 0.0870. The van der Waals surface area contributed by atoms with E-state index in [1.54, 1.807) is 6.07 Å². The molecule has 5 heteroatoms. The minimum Gasteiger partial charge on any atom is -0.477 e. The normalized spacial score (nSPS) is 10.9. The Morgan fingerprint density at radius 3 is 2.57 bits per heavy atom. The Kier molecular flexibility index (Phi) is 4.49. The van der Waals surface area contributed by atoms with E-state index in [1.807, 2.05) is 66.2 Å². The molecule has 4 aromatic rings. The number of rotatable bonds is 5. The van der Waals surface area contributed by atoms with Crippen LogP contribution in [-0.2, 0) is 6.42 Å². The van der Waals surface area contributed by atoms with Gasteiger partial charge in [-0.1, -0.05) is 49.0 Å². The highest BCUT2D eigenvalue weighted by atomic mass is 16.4. The first kappa shape index (κ1) is 17.7. The smallest absolute Gasteiger partial charge is 0.354 e. The van der Waals surface area contributed by atoms with E-state index >= 15 is 0 Å². The predicted molar refractivity (Wildman–Crippen MR) is 109 cm³/mol. The maximum Gasteiger partial charge on any atom is 0.354 e. The number of carboxylic acids is 1. The molecule has 0 radical (unpaired) electrons. The van der Waals surface area contributed by atoms with Gasteiger partial charge in [0.1, 0.15) is 5.69 Å². The fourth-order valence-electron chi connectivity index (χ4n) is 3.23. The highest BCUT2D eigenvalue weighted by Crippen LogP contribution is 2.29. The van der Waals surface area contributed by atoms with Crippen molar-refractivity contribution in [3.05, 3.63) is 96.0 Å². The van der Waals surface area contributed by atoms with E-state index in [2.05, 4.69) is 11.6 Å². The number of hydrogen-bond donors (Lipinski definition) is 1. The summed E-state index contributed by atoms with van der Waals surface area (Å²) in [6.07, 6.45) is 2.45. The van der Waals surface area contributed by atoms with Gasteiger partial charge in [0, 0.05) is 29.4 Å². The number of nitrogens with zero attached hydrogens (tertiary/aromatic N) is 3. The zero-order chi connectivity index (χ0) is 19.7. The van der Waals surface area contributed by atoms with Crippen molar-refractivity contribution in [3.8, 4) is 11.3 Å². The van der Waals surface area contributed by atoms with E-state index in [9.17, 15) is 9.90 Å². The number of hydrogen-bond acceptors (Lipinski definition) is 3. The Bertz CT molecular complexity index is 1190. The third-order valence-corrected chi connectivity index (χ3v) is 4.66. The molecule has 0 saturated heterocycles. The summed E-state index contributed by atoms with van der Waals surface area (Å²) in [5, 5.41) is 14.0. The van der Waals surface area contributed by atoms with Gasteiger partial charge in [-0.2, -0.15) is 5.10 Å². The zero-order valence-electron chi connectivity index (χ0n) is 15.5. The van der Waals surface area contributed by atoms with Gasteiger partial charge in [0.2, 0.25) is 0 Å². The highest BCUT2D eigenvalue weighted by molar-refractivity contribution is 5.85. The molecule has 0 aliphatic rings. The minimum absolute atomic E-state index is 0.0415. The summed E-state index contributed by atoms with van der Waals surface area (Å²) in [6, 6.07) is 19.1. The molecular formula is C23H19N3O2. The Balaban J connectivity index is 1.88. The van der Waals surface area contributed by atoms with Gasteiger partial charge in [0.05, 0.1) is 11.2 Å². The highest BCUT2D eigenvalue weighted by Gasteiger charge is 2.16. The lowest BCUT2D eigenvalue weighted by atomic mass is 10.0. The van der Waals surface area contributed by atoms with Crippen LogP contribution < -0.4 is 0 Å². The zero-order valence-corrected chi connectivity index (χ0v) is 15.5. The molecule has 1 N–H and O–H groups in total. The third-order valence-electron chi connectivity index (χ3n) is 4.66. The van der Waals surface area contributed by atoms with E-state index in [0.29, 0.717) is 12.1 Å². The number of carbonyl (C=O) groups is 1. The Morgan fingerprint density at radius 1 is 1.07 bits per heavy atom. The first-order valence-electron chi connectivity index (χ1n) is 8.95. The van der Waals surface area contributed by atoms with E-state index in [0.717, 1.165) is 33.5 Å². The van der Waals surface area contributed by atoms with Crippen molar-refractivity contribution in [2.45, 2.75) is 13.3 Å². The quantitative estimate of drug-likeness (QED) is 0.553. The molecular weight excluding hydrogens is 350 g/mol. The van der Waals surface area contributed by atoms with E-state index in [4.69, 9.17) is 5.10 Å². The largest absolute Gasteiger partial charge is 0.477 e.